The van der Waals surface area contributed by atoms with E-state index in [0.29, 0.717) is 0 Å². The normalized spacial score (nSPS) is 11.1. The summed E-state index contributed by atoms with van der Waals surface area (Å²) in [7, 11) is 1.66. The van der Waals surface area contributed by atoms with Crippen molar-refractivity contribution in [2.24, 2.45) is 0 Å². The Labute approximate surface area is 155 Å². The fourth-order valence-corrected chi connectivity index (χ4v) is 3.20. The average Bonchev–Trinajstić information content (AvgIpc) is 3.20. The largest absolute Gasteiger partial charge is 0.497 e. The number of ether oxygens (including phenoxy) is 1. The molecule has 2 aromatic heterocycles. The molecule has 0 saturated carbocycles. The number of thiophene rings is 1. The van der Waals surface area contributed by atoms with Crippen molar-refractivity contribution in [3.8, 4) is 5.75 Å². The van der Waals surface area contributed by atoms with Crippen LogP contribution in [-0.2, 0) is 0 Å². The number of aromatic nitrogens is 2. The maximum Gasteiger partial charge on any atom is 0.157 e. The zero-order valence-corrected chi connectivity index (χ0v) is 15.0. The van der Waals surface area contributed by atoms with Crippen LogP contribution in [0.3, 0.4) is 0 Å². The third-order valence-electron chi connectivity index (χ3n) is 3.90. The van der Waals surface area contributed by atoms with Gasteiger partial charge in [-0.3, -0.25) is 0 Å². The molecular weight excluding hydrogens is 342 g/mol. The molecule has 2 aromatic carbocycles. The van der Waals surface area contributed by atoms with Crippen LogP contribution in [0.4, 0.5) is 11.5 Å². The van der Waals surface area contributed by atoms with Crippen LogP contribution >= 0.6 is 11.3 Å². The van der Waals surface area contributed by atoms with Gasteiger partial charge >= 0.3 is 0 Å². The summed E-state index contributed by atoms with van der Waals surface area (Å²) in [6, 6.07) is 19.7. The van der Waals surface area contributed by atoms with E-state index in [1.165, 1.54) is 4.88 Å². The zero-order chi connectivity index (χ0) is 17.8. The van der Waals surface area contributed by atoms with Crippen LogP contribution in [0.15, 0.2) is 66.0 Å². The van der Waals surface area contributed by atoms with Gasteiger partial charge in [-0.1, -0.05) is 18.2 Å². The van der Waals surface area contributed by atoms with Gasteiger partial charge in [0.15, 0.2) is 5.82 Å². The molecule has 0 atom stereocenters. The summed E-state index contributed by atoms with van der Waals surface area (Å²) < 4.78 is 5.21. The maximum absolute atomic E-state index is 5.21. The Morgan fingerprint density at radius 3 is 2.35 bits per heavy atom. The molecule has 0 fully saturated rings. The molecule has 0 aliphatic heterocycles. The van der Waals surface area contributed by atoms with Gasteiger partial charge in [0.05, 0.1) is 18.1 Å². The molecule has 0 aliphatic carbocycles. The molecular formula is C21H17N3OS. The molecule has 128 valence electrons. The monoisotopic (exact) mass is 359 g/mol. The highest BCUT2D eigenvalue weighted by atomic mass is 32.1. The summed E-state index contributed by atoms with van der Waals surface area (Å²) in [6.45, 7) is 0. The average molecular weight is 359 g/mol. The van der Waals surface area contributed by atoms with Gasteiger partial charge < -0.3 is 10.1 Å². The summed E-state index contributed by atoms with van der Waals surface area (Å²) in [5.41, 5.74) is 3.46. The van der Waals surface area contributed by atoms with E-state index < -0.39 is 0 Å². The number of nitrogens with zero attached hydrogens (tertiary/aromatic N) is 2. The van der Waals surface area contributed by atoms with E-state index in [-0.39, 0.29) is 0 Å². The number of benzene rings is 2. The number of anilines is 2. The second-order valence-electron chi connectivity index (χ2n) is 5.65. The van der Waals surface area contributed by atoms with Gasteiger partial charge in [-0.15, -0.1) is 11.3 Å². The molecule has 1 N–H and O–H groups in total. The quantitative estimate of drug-likeness (QED) is 0.503. The Kier molecular flexibility index (Phi) is 4.62. The molecule has 0 radical (unpaired) electrons. The molecule has 5 heteroatoms. The number of hydrogen-bond donors (Lipinski definition) is 1. The lowest BCUT2D eigenvalue weighted by atomic mass is 10.2. The van der Waals surface area contributed by atoms with Crippen LogP contribution in [0.1, 0.15) is 10.6 Å². The molecule has 0 amide bonds. The molecule has 0 saturated heterocycles. The molecule has 4 nitrogen and oxygen atoms in total. The lowest BCUT2D eigenvalue weighted by molar-refractivity contribution is 0.415. The first kappa shape index (κ1) is 16.3. The SMILES string of the molecule is COc1ccc(Nc2nc3ccccc3nc2C=Cc2cccs2)cc1. The van der Waals surface area contributed by atoms with Gasteiger partial charge in [-0.25, -0.2) is 9.97 Å². The van der Waals surface area contributed by atoms with Crippen molar-refractivity contribution >= 4 is 46.0 Å². The Morgan fingerprint density at radius 2 is 1.65 bits per heavy atom. The van der Waals surface area contributed by atoms with E-state index >= 15 is 0 Å². The van der Waals surface area contributed by atoms with Crippen molar-refractivity contribution in [3.05, 3.63) is 76.6 Å². The number of para-hydroxylation sites is 2. The molecule has 0 unspecified atom stereocenters. The predicted molar refractivity (Wildman–Crippen MR) is 109 cm³/mol. The number of methoxy groups -OCH3 is 1. The van der Waals surface area contributed by atoms with Gasteiger partial charge in [-0.05, 0) is 60.0 Å². The van der Waals surface area contributed by atoms with Crippen molar-refractivity contribution in [3.63, 3.8) is 0 Å². The molecule has 4 rings (SSSR count). The smallest absolute Gasteiger partial charge is 0.157 e. The van der Waals surface area contributed by atoms with Crippen molar-refractivity contribution in [1.29, 1.82) is 0 Å². The standard InChI is InChI=1S/C21H17N3OS/c1-25-16-10-8-15(9-11-16)22-21-20(13-12-17-5-4-14-26-17)23-18-6-2-3-7-19(18)24-21/h2-14H,1H3,(H,22,24). The van der Waals surface area contributed by atoms with Crippen molar-refractivity contribution < 1.29 is 4.74 Å². The summed E-state index contributed by atoms with van der Waals surface area (Å²) in [6.07, 6.45) is 4.06. The summed E-state index contributed by atoms with van der Waals surface area (Å²) in [4.78, 5) is 10.7. The fraction of sp³-hybridized carbons (Fsp3) is 0.0476. The zero-order valence-electron chi connectivity index (χ0n) is 14.2. The van der Waals surface area contributed by atoms with E-state index in [9.17, 15) is 0 Å². The van der Waals surface area contributed by atoms with Crippen LogP contribution in [0.5, 0.6) is 5.75 Å². The number of fused-ring (bicyclic) bond motifs is 1. The molecule has 2 heterocycles. The Bertz CT molecular complexity index is 1040. The maximum atomic E-state index is 5.21. The van der Waals surface area contributed by atoms with Gasteiger partial charge in [-0.2, -0.15) is 0 Å². The Balaban J connectivity index is 1.73. The third kappa shape index (κ3) is 3.58. The minimum atomic E-state index is 0.724. The van der Waals surface area contributed by atoms with E-state index in [0.717, 1.165) is 34.0 Å². The second-order valence-corrected chi connectivity index (χ2v) is 6.63. The molecule has 4 aromatic rings. The minimum absolute atomic E-state index is 0.724. The Morgan fingerprint density at radius 1 is 0.885 bits per heavy atom. The summed E-state index contributed by atoms with van der Waals surface area (Å²) >= 11 is 1.69. The van der Waals surface area contributed by atoms with Gasteiger partial charge in [0.2, 0.25) is 0 Å². The summed E-state index contributed by atoms with van der Waals surface area (Å²) in [5, 5.41) is 5.43. The molecule has 0 aliphatic rings. The van der Waals surface area contributed by atoms with E-state index in [1.807, 2.05) is 60.7 Å². The lowest BCUT2D eigenvalue weighted by Crippen LogP contribution is -2.00. The van der Waals surface area contributed by atoms with Crippen LogP contribution in [0.2, 0.25) is 0 Å². The van der Waals surface area contributed by atoms with Crippen molar-refractivity contribution in [1.82, 2.24) is 9.97 Å². The third-order valence-corrected chi connectivity index (χ3v) is 4.74. The van der Waals surface area contributed by atoms with Crippen molar-refractivity contribution in [2.75, 3.05) is 12.4 Å². The molecule has 0 bridgehead atoms. The number of nitrogens with one attached hydrogen (secondary N) is 1. The first-order chi connectivity index (χ1) is 12.8. The van der Waals surface area contributed by atoms with Crippen LogP contribution in [0, 0.1) is 0 Å². The summed E-state index contributed by atoms with van der Waals surface area (Å²) in [5.74, 6) is 1.54. The van der Waals surface area contributed by atoms with E-state index in [4.69, 9.17) is 14.7 Å². The van der Waals surface area contributed by atoms with Crippen LogP contribution in [-0.4, -0.2) is 17.1 Å². The number of rotatable bonds is 5. The second kappa shape index (κ2) is 7.37. The van der Waals surface area contributed by atoms with Gasteiger partial charge in [0.25, 0.3) is 0 Å². The predicted octanol–water partition coefficient (Wildman–Crippen LogP) is 5.61. The topological polar surface area (TPSA) is 47.0 Å². The minimum Gasteiger partial charge on any atom is -0.497 e. The lowest BCUT2D eigenvalue weighted by Gasteiger charge is -2.10. The van der Waals surface area contributed by atoms with Gasteiger partial charge in [0.1, 0.15) is 11.4 Å². The highest BCUT2D eigenvalue weighted by Gasteiger charge is 2.07. The highest BCUT2D eigenvalue weighted by molar-refractivity contribution is 7.10. The van der Waals surface area contributed by atoms with Crippen LogP contribution in [0.25, 0.3) is 23.2 Å². The highest BCUT2D eigenvalue weighted by Crippen LogP contribution is 2.24. The number of hydrogen-bond acceptors (Lipinski definition) is 5. The van der Waals surface area contributed by atoms with Crippen molar-refractivity contribution in [2.45, 2.75) is 0 Å². The van der Waals surface area contributed by atoms with E-state index in [2.05, 4.69) is 22.8 Å². The first-order valence-corrected chi connectivity index (χ1v) is 9.09. The fourth-order valence-electron chi connectivity index (χ4n) is 2.58. The Hall–Kier alpha value is -3.18. The molecule has 26 heavy (non-hydrogen) atoms. The molecule has 0 spiro atoms. The van der Waals surface area contributed by atoms with Gasteiger partial charge in [0, 0.05) is 10.6 Å². The first-order valence-electron chi connectivity index (χ1n) is 8.21. The van der Waals surface area contributed by atoms with E-state index in [1.54, 1.807) is 18.4 Å². The van der Waals surface area contributed by atoms with Crippen LogP contribution < -0.4 is 10.1 Å².